The number of aryl methyl sites for hydroxylation is 1. The number of aromatic nitrogens is 1. The minimum atomic E-state index is -0.809. The van der Waals surface area contributed by atoms with E-state index in [9.17, 15) is 19.1 Å². The van der Waals surface area contributed by atoms with Gasteiger partial charge in [-0.3, -0.25) is 9.59 Å². The average Bonchev–Trinajstić information content (AvgIpc) is 3.08. The molecule has 1 aromatic carbocycles. The number of rotatable bonds is 3. The maximum Gasteiger partial charge on any atom is 0.256 e. The molecule has 2 atom stereocenters. The van der Waals surface area contributed by atoms with E-state index in [0.717, 1.165) is 11.4 Å². The molecule has 0 aliphatic carbocycles. The number of nitrogens with zero attached hydrogens (tertiary/aromatic N) is 2. The molecule has 25 heavy (non-hydrogen) atoms. The first-order valence-electron chi connectivity index (χ1n) is 8.03. The third-order valence-corrected chi connectivity index (χ3v) is 4.61. The molecule has 3 rings (SSSR count). The Morgan fingerprint density at radius 2 is 1.88 bits per heavy atom. The molecule has 1 aromatic heterocycles. The fourth-order valence-corrected chi connectivity index (χ4v) is 3.43. The predicted molar refractivity (Wildman–Crippen MR) is 89.8 cm³/mol. The Bertz CT molecular complexity index is 829. The molecule has 1 fully saturated rings. The van der Waals surface area contributed by atoms with Crippen molar-refractivity contribution in [3.8, 4) is 5.69 Å². The molecule has 132 valence electrons. The number of likely N-dealkylation sites (tertiary alicyclic amines) is 1. The molecule has 2 amide bonds. The molecule has 1 aliphatic rings. The number of primary amides is 1. The van der Waals surface area contributed by atoms with Gasteiger partial charge in [-0.25, -0.2) is 4.39 Å². The van der Waals surface area contributed by atoms with Crippen LogP contribution in [0.3, 0.4) is 0 Å². The highest BCUT2D eigenvalue weighted by molar-refractivity contribution is 5.99. The number of carbonyl (C=O) groups is 2. The molecule has 1 saturated heterocycles. The lowest BCUT2D eigenvalue weighted by molar-refractivity contribution is -0.121. The molecule has 0 unspecified atom stereocenters. The summed E-state index contributed by atoms with van der Waals surface area (Å²) in [7, 11) is 0. The number of carbonyl (C=O) groups excluding carboxylic acids is 2. The standard InChI is InChI=1S/C18H20FN3O3/c1-10-7-15(11(2)22(10)13-5-3-12(19)4-6-13)18(25)21-9-14(23)8-16(21)17(20)24/h3-7,14,16,23H,8-9H2,1-2H3,(H2,20,24)/t14-,16-/m1/s1. The number of halogens is 1. The van der Waals surface area contributed by atoms with Crippen molar-refractivity contribution in [2.24, 2.45) is 5.73 Å². The van der Waals surface area contributed by atoms with Gasteiger partial charge in [0, 0.05) is 30.0 Å². The molecular weight excluding hydrogens is 325 g/mol. The van der Waals surface area contributed by atoms with E-state index in [1.54, 1.807) is 25.1 Å². The first kappa shape index (κ1) is 17.2. The van der Waals surface area contributed by atoms with Crippen molar-refractivity contribution in [2.45, 2.75) is 32.4 Å². The first-order chi connectivity index (χ1) is 11.8. The Labute approximate surface area is 144 Å². The molecule has 2 heterocycles. The van der Waals surface area contributed by atoms with Crippen LogP contribution in [-0.2, 0) is 4.79 Å². The van der Waals surface area contributed by atoms with Gasteiger partial charge in [0.1, 0.15) is 11.9 Å². The lowest BCUT2D eigenvalue weighted by Gasteiger charge is -2.22. The number of aliphatic hydroxyl groups excluding tert-OH is 1. The fraction of sp³-hybridized carbons (Fsp3) is 0.333. The molecule has 0 bridgehead atoms. The largest absolute Gasteiger partial charge is 0.391 e. The molecule has 7 heteroatoms. The second-order valence-electron chi connectivity index (χ2n) is 6.36. The van der Waals surface area contributed by atoms with Gasteiger partial charge >= 0.3 is 0 Å². The lowest BCUT2D eigenvalue weighted by atomic mass is 10.1. The normalized spacial score (nSPS) is 20.1. The van der Waals surface area contributed by atoms with Crippen molar-refractivity contribution in [1.29, 1.82) is 0 Å². The van der Waals surface area contributed by atoms with Crippen LogP contribution in [0.1, 0.15) is 28.2 Å². The summed E-state index contributed by atoms with van der Waals surface area (Å²) in [4.78, 5) is 25.8. The highest BCUT2D eigenvalue weighted by Gasteiger charge is 2.39. The summed E-state index contributed by atoms with van der Waals surface area (Å²) in [6.07, 6.45) is -0.611. The van der Waals surface area contributed by atoms with Crippen LogP contribution < -0.4 is 5.73 Å². The smallest absolute Gasteiger partial charge is 0.256 e. The zero-order chi connectivity index (χ0) is 18.3. The van der Waals surface area contributed by atoms with Crippen molar-refractivity contribution in [3.05, 3.63) is 53.1 Å². The van der Waals surface area contributed by atoms with Crippen molar-refractivity contribution < 1.29 is 19.1 Å². The lowest BCUT2D eigenvalue weighted by Crippen LogP contribution is -2.43. The maximum absolute atomic E-state index is 13.2. The summed E-state index contributed by atoms with van der Waals surface area (Å²) in [5.41, 5.74) is 8.02. The Morgan fingerprint density at radius 1 is 1.24 bits per heavy atom. The van der Waals surface area contributed by atoms with Gasteiger partial charge in [0.2, 0.25) is 5.91 Å². The number of benzene rings is 1. The van der Waals surface area contributed by atoms with Gasteiger partial charge in [0.05, 0.1) is 11.7 Å². The van der Waals surface area contributed by atoms with Crippen LogP contribution in [-0.4, -0.2) is 45.1 Å². The van der Waals surface area contributed by atoms with Crippen molar-refractivity contribution >= 4 is 11.8 Å². The van der Waals surface area contributed by atoms with Crippen LogP contribution in [0.4, 0.5) is 4.39 Å². The Hall–Kier alpha value is -2.67. The topological polar surface area (TPSA) is 88.6 Å². The van der Waals surface area contributed by atoms with Crippen LogP contribution in [0.15, 0.2) is 30.3 Å². The van der Waals surface area contributed by atoms with Gasteiger partial charge in [-0.1, -0.05) is 0 Å². The van der Waals surface area contributed by atoms with E-state index in [-0.39, 0.29) is 24.7 Å². The van der Waals surface area contributed by atoms with Crippen LogP contribution in [0.5, 0.6) is 0 Å². The number of nitrogens with two attached hydrogens (primary N) is 1. The quantitative estimate of drug-likeness (QED) is 0.879. The minimum Gasteiger partial charge on any atom is -0.391 e. The first-order valence-corrected chi connectivity index (χ1v) is 8.03. The number of hydrogen-bond donors (Lipinski definition) is 2. The summed E-state index contributed by atoms with van der Waals surface area (Å²) >= 11 is 0. The van der Waals surface area contributed by atoms with E-state index in [4.69, 9.17) is 5.73 Å². The maximum atomic E-state index is 13.2. The number of amides is 2. The van der Waals surface area contributed by atoms with Gasteiger partial charge in [-0.2, -0.15) is 0 Å². The Morgan fingerprint density at radius 3 is 2.48 bits per heavy atom. The molecule has 2 aromatic rings. The molecule has 6 nitrogen and oxygen atoms in total. The van der Waals surface area contributed by atoms with E-state index >= 15 is 0 Å². The summed E-state index contributed by atoms with van der Waals surface area (Å²) in [5, 5.41) is 9.81. The number of hydrogen-bond acceptors (Lipinski definition) is 3. The number of β-amino-alcohol motifs (C(OH)–C–C–N with tert-alkyl or cyclic N) is 1. The molecule has 0 spiro atoms. The summed E-state index contributed by atoms with van der Waals surface area (Å²) in [5.74, 6) is -1.31. The second kappa shape index (κ2) is 6.33. The SMILES string of the molecule is Cc1cc(C(=O)N2C[C@H](O)C[C@@H]2C(N)=O)c(C)n1-c1ccc(F)cc1. The highest BCUT2D eigenvalue weighted by Crippen LogP contribution is 2.26. The number of aliphatic hydroxyl groups is 1. The second-order valence-corrected chi connectivity index (χ2v) is 6.36. The van der Waals surface area contributed by atoms with Crippen molar-refractivity contribution in [3.63, 3.8) is 0 Å². The summed E-state index contributed by atoms with van der Waals surface area (Å²) < 4.78 is 15.0. The molecular formula is C18H20FN3O3. The molecule has 1 aliphatic heterocycles. The average molecular weight is 345 g/mol. The third-order valence-electron chi connectivity index (χ3n) is 4.61. The van der Waals surface area contributed by atoms with E-state index in [0.29, 0.717) is 11.3 Å². The van der Waals surface area contributed by atoms with Gasteiger partial charge in [0.25, 0.3) is 5.91 Å². The van der Waals surface area contributed by atoms with E-state index in [1.807, 2.05) is 11.5 Å². The van der Waals surface area contributed by atoms with Crippen LogP contribution in [0, 0.1) is 19.7 Å². The third kappa shape index (κ3) is 3.02. The zero-order valence-corrected chi connectivity index (χ0v) is 14.1. The van der Waals surface area contributed by atoms with Crippen LogP contribution in [0.25, 0.3) is 5.69 Å². The van der Waals surface area contributed by atoms with Gasteiger partial charge in [-0.05, 0) is 44.2 Å². The van der Waals surface area contributed by atoms with Crippen LogP contribution >= 0.6 is 0 Å². The molecule has 3 N–H and O–H groups in total. The molecule has 0 radical (unpaired) electrons. The van der Waals surface area contributed by atoms with Crippen molar-refractivity contribution in [2.75, 3.05) is 6.54 Å². The fourth-order valence-electron chi connectivity index (χ4n) is 3.43. The van der Waals surface area contributed by atoms with Gasteiger partial charge in [0.15, 0.2) is 0 Å². The predicted octanol–water partition coefficient (Wildman–Crippen LogP) is 1.29. The minimum absolute atomic E-state index is 0.0760. The monoisotopic (exact) mass is 345 g/mol. The Balaban J connectivity index is 1.98. The zero-order valence-electron chi connectivity index (χ0n) is 14.1. The van der Waals surface area contributed by atoms with Gasteiger partial charge in [-0.15, -0.1) is 0 Å². The highest BCUT2D eigenvalue weighted by atomic mass is 19.1. The van der Waals surface area contributed by atoms with E-state index < -0.39 is 18.1 Å². The summed E-state index contributed by atoms with van der Waals surface area (Å²) in [6.45, 7) is 3.71. The Kier molecular flexibility index (Phi) is 4.34. The van der Waals surface area contributed by atoms with Gasteiger partial charge < -0.3 is 20.3 Å². The molecule has 0 saturated carbocycles. The van der Waals surface area contributed by atoms with E-state index in [2.05, 4.69) is 0 Å². The summed E-state index contributed by atoms with van der Waals surface area (Å²) in [6, 6.07) is 6.90. The van der Waals surface area contributed by atoms with Crippen LogP contribution in [0.2, 0.25) is 0 Å². The van der Waals surface area contributed by atoms with Crippen molar-refractivity contribution in [1.82, 2.24) is 9.47 Å². The van der Waals surface area contributed by atoms with E-state index in [1.165, 1.54) is 17.0 Å².